The van der Waals surface area contributed by atoms with Gasteiger partial charge in [0.2, 0.25) is 0 Å². The summed E-state index contributed by atoms with van der Waals surface area (Å²) in [4.78, 5) is 22.0. The number of carbonyl (C=O) groups is 2. The maximum atomic E-state index is 11.4. The first-order valence-electron chi connectivity index (χ1n) is 6.76. The second kappa shape index (κ2) is 9.74. The first-order chi connectivity index (χ1) is 9.23. The van der Waals surface area contributed by atoms with Gasteiger partial charge in [-0.2, -0.15) is 0 Å². The van der Waals surface area contributed by atoms with Crippen LogP contribution in [0.25, 0.3) is 0 Å². The van der Waals surface area contributed by atoms with Crippen LogP contribution < -0.4 is 10.6 Å². The lowest BCUT2D eigenvalue weighted by Gasteiger charge is -2.23. The van der Waals surface area contributed by atoms with Gasteiger partial charge >= 0.3 is 12.0 Å². The molecule has 0 radical (unpaired) electrons. The van der Waals surface area contributed by atoms with E-state index in [0.717, 1.165) is 6.42 Å². The molecule has 0 rings (SSSR count). The molecule has 2 amide bonds. The molecule has 0 saturated carbocycles. The number of amides is 2. The van der Waals surface area contributed by atoms with Crippen molar-refractivity contribution in [3.05, 3.63) is 0 Å². The molecule has 0 aromatic carbocycles. The van der Waals surface area contributed by atoms with Crippen molar-refractivity contribution < 1.29 is 18.9 Å². The standard InChI is InChI=1S/C13H26N2O4S/c1-13(2,6-5-11(16)17)7-9-15-12(18)14-8-4-10-20(3)19/h4-10H2,1-3H3,(H,16,17)(H2,14,15,18). The summed E-state index contributed by atoms with van der Waals surface area (Å²) in [6, 6.07) is -0.235. The number of hydrogen-bond acceptors (Lipinski definition) is 3. The Bertz CT molecular complexity index is 345. The van der Waals surface area contributed by atoms with Crippen molar-refractivity contribution in [1.82, 2.24) is 10.6 Å². The highest BCUT2D eigenvalue weighted by atomic mass is 32.2. The fourth-order valence-electron chi connectivity index (χ4n) is 1.62. The lowest BCUT2D eigenvalue weighted by Crippen LogP contribution is -2.38. The molecule has 6 nitrogen and oxygen atoms in total. The second-order valence-electron chi connectivity index (χ2n) is 5.62. The van der Waals surface area contributed by atoms with Gasteiger partial charge in [0.05, 0.1) is 0 Å². The average Bonchev–Trinajstić information content (AvgIpc) is 2.32. The molecule has 0 saturated heterocycles. The first-order valence-corrected chi connectivity index (χ1v) is 8.49. The number of carbonyl (C=O) groups excluding carboxylic acids is 1. The summed E-state index contributed by atoms with van der Waals surface area (Å²) in [7, 11) is -0.823. The Morgan fingerprint density at radius 3 is 2.30 bits per heavy atom. The SMILES string of the molecule is CS(=O)CCCNC(=O)NCCC(C)(C)CCC(=O)O. The van der Waals surface area contributed by atoms with Crippen LogP contribution in [0.3, 0.4) is 0 Å². The van der Waals surface area contributed by atoms with E-state index in [-0.39, 0.29) is 17.9 Å². The van der Waals surface area contributed by atoms with E-state index >= 15 is 0 Å². The Balaban J connectivity index is 3.68. The Hall–Kier alpha value is -1.11. The van der Waals surface area contributed by atoms with Gasteiger partial charge in [-0.05, 0) is 24.7 Å². The number of aliphatic carboxylic acids is 1. The summed E-state index contributed by atoms with van der Waals surface area (Å²) in [5.74, 6) is -0.209. The predicted octanol–water partition coefficient (Wildman–Crippen LogP) is 1.34. The molecule has 0 heterocycles. The summed E-state index contributed by atoms with van der Waals surface area (Å²) >= 11 is 0. The van der Waals surface area contributed by atoms with Gasteiger partial charge in [0, 0.05) is 42.3 Å². The maximum absolute atomic E-state index is 11.4. The molecule has 0 aromatic heterocycles. The molecule has 1 atom stereocenters. The molecule has 0 aromatic rings. The largest absolute Gasteiger partial charge is 0.481 e. The van der Waals surface area contributed by atoms with Crippen molar-refractivity contribution >= 4 is 22.8 Å². The van der Waals surface area contributed by atoms with E-state index in [1.807, 2.05) is 13.8 Å². The highest BCUT2D eigenvalue weighted by Gasteiger charge is 2.19. The average molecular weight is 306 g/mol. The normalized spacial score (nSPS) is 12.8. The number of urea groups is 1. The Kier molecular flexibility index (Phi) is 9.20. The summed E-state index contributed by atoms with van der Waals surface area (Å²) in [5.41, 5.74) is -0.106. The van der Waals surface area contributed by atoms with Gasteiger partial charge in [0.25, 0.3) is 0 Å². The van der Waals surface area contributed by atoms with Crippen LogP contribution in [-0.2, 0) is 15.6 Å². The zero-order valence-corrected chi connectivity index (χ0v) is 13.3. The van der Waals surface area contributed by atoms with E-state index < -0.39 is 16.8 Å². The third kappa shape index (κ3) is 12.0. The summed E-state index contributed by atoms with van der Waals surface area (Å²) in [5, 5.41) is 14.1. The van der Waals surface area contributed by atoms with Gasteiger partial charge in [-0.15, -0.1) is 0 Å². The van der Waals surface area contributed by atoms with Crippen LogP contribution in [0.4, 0.5) is 4.79 Å². The lowest BCUT2D eigenvalue weighted by atomic mass is 9.84. The Labute approximate surface area is 123 Å². The number of nitrogens with one attached hydrogen (secondary N) is 2. The van der Waals surface area contributed by atoms with Crippen LogP contribution in [-0.4, -0.2) is 46.4 Å². The summed E-state index contributed by atoms with van der Waals surface area (Å²) in [6.45, 7) is 5.00. The summed E-state index contributed by atoms with van der Waals surface area (Å²) < 4.78 is 10.8. The minimum Gasteiger partial charge on any atom is -0.481 e. The molecule has 7 heteroatoms. The van der Waals surface area contributed by atoms with E-state index in [1.54, 1.807) is 6.26 Å². The zero-order chi connectivity index (χ0) is 15.6. The minimum absolute atomic E-state index is 0.106. The summed E-state index contributed by atoms with van der Waals surface area (Å²) in [6.07, 6.45) is 3.80. The fourth-order valence-corrected chi connectivity index (χ4v) is 2.18. The third-order valence-electron chi connectivity index (χ3n) is 3.00. The quantitative estimate of drug-likeness (QED) is 0.531. The lowest BCUT2D eigenvalue weighted by molar-refractivity contribution is -0.137. The zero-order valence-electron chi connectivity index (χ0n) is 12.5. The van der Waals surface area contributed by atoms with Crippen molar-refractivity contribution in [3.8, 4) is 0 Å². The molecule has 118 valence electrons. The number of carboxylic acid groups (broad SMARTS) is 1. The van der Waals surface area contributed by atoms with Crippen molar-refractivity contribution in [3.63, 3.8) is 0 Å². The van der Waals surface area contributed by atoms with Crippen molar-refractivity contribution in [1.29, 1.82) is 0 Å². The molecular weight excluding hydrogens is 280 g/mol. The first kappa shape index (κ1) is 18.9. The maximum Gasteiger partial charge on any atom is 0.314 e. The van der Waals surface area contributed by atoms with Gasteiger partial charge in [-0.25, -0.2) is 4.79 Å². The van der Waals surface area contributed by atoms with Gasteiger partial charge in [-0.1, -0.05) is 13.8 Å². The smallest absolute Gasteiger partial charge is 0.314 e. The van der Waals surface area contributed by atoms with Crippen LogP contribution in [0.2, 0.25) is 0 Å². The highest BCUT2D eigenvalue weighted by molar-refractivity contribution is 7.84. The molecule has 0 aliphatic heterocycles. The minimum atomic E-state index is -0.823. The van der Waals surface area contributed by atoms with E-state index in [0.29, 0.717) is 31.7 Å². The predicted molar refractivity (Wildman–Crippen MR) is 80.2 cm³/mol. The number of carboxylic acids is 1. The Morgan fingerprint density at radius 2 is 1.75 bits per heavy atom. The molecule has 0 bridgehead atoms. The van der Waals surface area contributed by atoms with Crippen molar-refractivity contribution in [2.45, 2.75) is 39.5 Å². The Morgan fingerprint density at radius 1 is 1.15 bits per heavy atom. The molecule has 0 spiro atoms. The third-order valence-corrected chi connectivity index (χ3v) is 3.86. The van der Waals surface area contributed by atoms with Crippen LogP contribution in [0, 0.1) is 5.41 Å². The van der Waals surface area contributed by atoms with Crippen LogP contribution in [0.1, 0.15) is 39.5 Å². The van der Waals surface area contributed by atoms with E-state index in [9.17, 15) is 13.8 Å². The topological polar surface area (TPSA) is 95.5 Å². The molecular formula is C13H26N2O4S. The van der Waals surface area contributed by atoms with E-state index in [1.165, 1.54) is 0 Å². The van der Waals surface area contributed by atoms with E-state index in [4.69, 9.17) is 5.11 Å². The number of rotatable bonds is 10. The van der Waals surface area contributed by atoms with Crippen LogP contribution in [0.5, 0.6) is 0 Å². The monoisotopic (exact) mass is 306 g/mol. The number of hydrogen-bond donors (Lipinski definition) is 3. The molecule has 1 unspecified atom stereocenters. The van der Waals surface area contributed by atoms with Crippen LogP contribution in [0.15, 0.2) is 0 Å². The molecule has 0 fully saturated rings. The molecule has 0 aliphatic rings. The van der Waals surface area contributed by atoms with Gasteiger partial charge in [-0.3, -0.25) is 9.00 Å². The van der Waals surface area contributed by atoms with Crippen molar-refractivity contribution in [2.75, 3.05) is 25.1 Å². The van der Waals surface area contributed by atoms with Crippen LogP contribution >= 0.6 is 0 Å². The molecule has 0 aliphatic carbocycles. The second-order valence-corrected chi connectivity index (χ2v) is 7.18. The van der Waals surface area contributed by atoms with Gasteiger partial charge in [0.1, 0.15) is 0 Å². The molecule has 20 heavy (non-hydrogen) atoms. The van der Waals surface area contributed by atoms with Crippen molar-refractivity contribution in [2.24, 2.45) is 5.41 Å². The molecule has 3 N–H and O–H groups in total. The van der Waals surface area contributed by atoms with Gasteiger partial charge in [0.15, 0.2) is 0 Å². The highest BCUT2D eigenvalue weighted by Crippen LogP contribution is 2.25. The van der Waals surface area contributed by atoms with E-state index in [2.05, 4.69) is 10.6 Å². The van der Waals surface area contributed by atoms with Gasteiger partial charge < -0.3 is 15.7 Å². The fraction of sp³-hybridized carbons (Fsp3) is 0.846.